The van der Waals surface area contributed by atoms with Crippen LogP contribution in [-0.4, -0.2) is 64.3 Å². The first kappa shape index (κ1) is 16.1. The van der Waals surface area contributed by atoms with Gasteiger partial charge in [-0.05, 0) is 25.0 Å². The molecule has 25 heavy (non-hydrogen) atoms. The van der Waals surface area contributed by atoms with E-state index < -0.39 is 6.04 Å². The van der Waals surface area contributed by atoms with Crippen molar-refractivity contribution in [2.75, 3.05) is 19.6 Å². The number of fused-ring (bicyclic) bond motifs is 1. The average Bonchev–Trinajstić information content (AvgIpc) is 2.92. The summed E-state index contributed by atoms with van der Waals surface area (Å²) in [6, 6.07) is 8.46. The Morgan fingerprint density at radius 2 is 1.68 bits per heavy atom. The Balaban J connectivity index is 1.50. The van der Waals surface area contributed by atoms with E-state index in [1.807, 2.05) is 18.2 Å². The number of amides is 4. The molecular weight excluding hydrogens is 318 g/mol. The second kappa shape index (κ2) is 6.50. The predicted octanol–water partition coefficient (Wildman–Crippen LogP) is 2.11. The Morgan fingerprint density at radius 1 is 0.960 bits per heavy atom. The normalized spacial score (nSPS) is 24.6. The molecule has 0 spiro atoms. The van der Waals surface area contributed by atoms with E-state index in [-0.39, 0.29) is 23.9 Å². The van der Waals surface area contributed by atoms with Crippen molar-refractivity contribution in [2.45, 2.75) is 44.2 Å². The summed E-state index contributed by atoms with van der Waals surface area (Å²) < 4.78 is 0. The lowest BCUT2D eigenvalue weighted by Gasteiger charge is -2.35. The van der Waals surface area contributed by atoms with Crippen LogP contribution >= 0.6 is 0 Å². The van der Waals surface area contributed by atoms with Crippen LogP contribution in [0.1, 0.15) is 42.5 Å². The van der Waals surface area contributed by atoms with E-state index in [1.165, 1.54) is 11.3 Å². The van der Waals surface area contributed by atoms with Crippen molar-refractivity contribution in [1.82, 2.24) is 14.7 Å². The number of benzene rings is 1. The maximum absolute atomic E-state index is 12.9. The van der Waals surface area contributed by atoms with E-state index in [9.17, 15) is 14.4 Å². The first-order valence-corrected chi connectivity index (χ1v) is 9.15. The van der Waals surface area contributed by atoms with E-state index in [1.54, 1.807) is 21.9 Å². The molecule has 132 valence electrons. The topological polar surface area (TPSA) is 60.9 Å². The van der Waals surface area contributed by atoms with Gasteiger partial charge in [0.05, 0.1) is 6.54 Å². The lowest BCUT2D eigenvalue weighted by atomic mass is 9.94. The zero-order chi connectivity index (χ0) is 17.4. The van der Waals surface area contributed by atoms with Crippen molar-refractivity contribution >= 4 is 17.8 Å². The molecule has 6 nitrogen and oxygen atoms in total. The molecule has 2 aliphatic heterocycles. The van der Waals surface area contributed by atoms with Gasteiger partial charge in [-0.25, -0.2) is 4.79 Å². The highest BCUT2D eigenvalue weighted by atomic mass is 16.2. The van der Waals surface area contributed by atoms with Gasteiger partial charge in [0, 0.05) is 24.7 Å². The van der Waals surface area contributed by atoms with Gasteiger partial charge in [0.25, 0.3) is 11.8 Å². The van der Waals surface area contributed by atoms with Gasteiger partial charge in [-0.15, -0.1) is 0 Å². The smallest absolute Gasteiger partial charge is 0.327 e. The van der Waals surface area contributed by atoms with Crippen LogP contribution in [0.3, 0.4) is 0 Å². The van der Waals surface area contributed by atoms with Crippen LogP contribution in [0.15, 0.2) is 30.3 Å². The molecule has 4 amide bonds. The van der Waals surface area contributed by atoms with Crippen LogP contribution in [-0.2, 0) is 4.79 Å². The minimum atomic E-state index is -0.518. The SMILES string of the molecule is O=C(c1ccccc1)N1CCN2C(=O)N(C3CCCCC3)C(=O)C2C1. The number of hydrogen-bond donors (Lipinski definition) is 0. The van der Waals surface area contributed by atoms with Crippen molar-refractivity contribution in [3.05, 3.63) is 35.9 Å². The summed E-state index contributed by atoms with van der Waals surface area (Å²) in [5.41, 5.74) is 0.622. The molecule has 1 unspecified atom stereocenters. The number of nitrogens with zero attached hydrogens (tertiary/aromatic N) is 3. The van der Waals surface area contributed by atoms with Gasteiger partial charge in [0.15, 0.2) is 0 Å². The third-order valence-corrected chi connectivity index (χ3v) is 5.60. The molecule has 1 aromatic carbocycles. The Hall–Kier alpha value is -2.37. The fourth-order valence-corrected chi connectivity index (χ4v) is 4.24. The minimum Gasteiger partial charge on any atom is -0.334 e. The summed E-state index contributed by atoms with van der Waals surface area (Å²) in [5, 5.41) is 0. The lowest BCUT2D eigenvalue weighted by molar-refractivity contribution is -0.131. The van der Waals surface area contributed by atoms with Crippen molar-refractivity contribution in [1.29, 1.82) is 0 Å². The fraction of sp³-hybridized carbons (Fsp3) is 0.526. The Kier molecular flexibility index (Phi) is 4.19. The molecule has 2 heterocycles. The summed E-state index contributed by atoms with van der Waals surface area (Å²) in [5.74, 6) is -0.195. The Bertz CT molecular complexity index is 684. The Labute approximate surface area is 147 Å². The predicted molar refractivity (Wildman–Crippen MR) is 92.0 cm³/mol. The van der Waals surface area contributed by atoms with Crippen LogP contribution in [0.2, 0.25) is 0 Å². The zero-order valence-electron chi connectivity index (χ0n) is 14.3. The number of urea groups is 1. The number of carbonyl (C=O) groups excluding carboxylic acids is 3. The Morgan fingerprint density at radius 3 is 2.40 bits per heavy atom. The van der Waals surface area contributed by atoms with Crippen LogP contribution in [0.25, 0.3) is 0 Å². The fourth-order valence-electron chi connectivity index (χ4n) is 4.24. The van der Waals surface area contributed by atoms with Crippen molar-refractivity contribution in [2.24, 2.45) is 0 Å². The maximum atomic E-state index is 12.9. The quantitative estimate of drug-likeness (QED) is 0.774. The van der Waals surface area contributed by atoms with Crippen LogP contribution in [0.4, 0.5) is 4.79 Å². The largest absolute Gasteiger partial charge is 0.334 e. The molecular formula is C19H23N3O3. The van der Waals surface area contributed by atoms with Gasteiger partial charge in [0.1, 0.15) is 6.04 Å². The highest BCUT2D eigenvalue weighted by Crippen LogP contribution is 2.30. The number of hydrogen-bond acceptors (Lipinski definition) is 3. The summed E-state index contributed by atoms with van der Waals surface area (Å²) in [4.78, 5) is 43.1. The van der Waals surface area contributed by atoms with Gasteiger partial charge >= 0.3 is 6.03 Å². The van der Waals surface area contributed by atoms with Gasteiger partial charge < -0.3 is 9.80 Å². The highest BCUT2D eigenvalue weighted by Gasteiger charge is 2.50. The van der Waals surface area contributed by atoms with Gasteiger partial charge in [-0.3, -0.25) is 14.5 Å². The molecule has 1 aromatic rings. The van der Waals surface area contributed by atoms with E-state index in [0.717, 1.165) is 25.7 Å². The van der Waals surface area contributed by atoms with Crippen molar-refractivity contribution in [3.8, 4) is 0 Å². The van der Waals surface area contributed by atoms with Gasteiger partial charge in [-0.1, -0.05) is 37.5 Å². The molecule has 0 aromatic heterocycles. The molecule has 4 rings (SSSR count). The summed E-state index contributed by atoms with van der Waals surface area (Å²) in [6.45, 7) is 1.19. The molecule has 0 N–H and O–H groups in total. The van der Waals surface area contributed by atoms with E-state index >= 15 is 0 Å². The second-order valence-electron chi connectivity index (χ2n) is 7.11. The average molecular weight is 341 g/mol. The first-order valence-electron chi connectivity index (χ1n) is 9.15. The maximum Gasteiger partial charge on any atom is 0.327 e. The zero-order valence-corrected chi connectivity index (χ0v) is 14.3. The third-order valence-electron chi connectivity index (χ3n) is 5.60. The lowest BCUT2D eigenvalue weighted by Crippen LogP contribution is -2.54. The number of imide groups is 1. The third kappa shape index (κ3) is 2.79. The molecule has 2 saturated heterocycles. The number of piperazine rings is 1. The highest BCUT2D eigenvalue weighted by molar-refractivity contribution is 6.05. The first-order chi connectivity index (χ1) is 12.2. The van der Waals surface area contributed by atoms with Crippen molar-refractivity contribution < 1.29 is 14.4 Å². The van der Waals surface area contributed by atoms with Crippen LogP contribution in [0.5, 0.6) is 0 Å². The van der Waals surface area contributed by atoms with E-state index in [2.05, 4.69) is 0 Å². The second-order valence-corrected chi connectivity index (χ2v) is 7.11. The molecule has 3 aliphatic rings. The molecule has 0 bridgehead atoms. The van der Waals surface area contributed by atoms with Crippen molar-refractivity contribution in [3.63, 3.8) is 0 Å². The van der Waals surface area contributed by atoms with E-state index in [0.29, 0.717) is 25.2 Å². The minimum absolute atomic E-state index is 0.0395. The molecule has 3 fully saturated rings. The summed E-state index contributed by atoms with van der Waals surface area (Å²) in [6.07, 6.45) is 5.14. The molecule has 1 aliphatic carbocycles. The number of carbonyl (C=O) groups is 3. The van der Waals surface area contributed by atoms with E-state index in [4.69, 9.17) is 0 Å². The standard InChI is InChI=1S/C19H23N3O3/c23-17(14-7-3-1-4-8-14)20-11-12-21-16(13-20)18(24)22(19(21)25)15-9-5-2-6-10-15/h1,3-4,7-8,15-16H,2,5-6,9-13H2. The van der Waals surface area contributed by atoms with Crippen LogP contribution in [0, 0.1) is 0 Å². The summed E-state index contributed by atoms with van der Waals surface area (Å²) in [7, 11) is 0. The molecule has 1 atom stereocenters. The molecule has 1 saturated carbocycles. The molecule has 0 radical (unpaired) electrons. The van der Waals surface area contributed by atoms with Gasteiger partial charge in [0.2, 0.25) is 0 Å². The number of rotatable bonds is 2. The van der Waals surface area contributed by atoms with Crippen LogP contribution < -0.4 is 0 Å². The monoisotopic (exact) mass is 341 g/mol. The summed E-state index contributed by atoms with van der Waals surface area (Å²) >= 11 is 0. The molecule has 6 heteroatoms. The van der Waals surface area contributed by atoms with Gasteiger partial charge in [-0.2, -0.15) is 0 Å².